The van der Waals surface area contributed by atoms with Gasteiger partial charge < -0.3 is 15.0 Å². The summed E-state index contributed by atoms with van der Waals surface area (Å²) in [6.07, 6.45) is 1.40. The predicted molar refractivity (Wildman–Crippen MR) is 103 cm³/mol. The highest BCUT2D eigenvalue weighted by Crippen LogP contribution is 2.12. The number of aromatic nitrogens is 4. The average molecular weight is 394 g/mol. The quantitative estimate of drug-likeness (QED) is 0.623. The molecule has 0 aliphatic heterocycles. The number of rotatable bonds is 6. The number of nitrogens with zero attached hydrogens (tertiary/aromatic N) is 5. The molecule has 10 heteroatoms. The fraction of sp³-hybridized carbons (Fsp3) is 0.158. The van der Waals surface area contributed by atoms with Crippen LogP contribution in [0.3, 0.4) is 0 Å². The molecule has 1 aromatic heterocycles. The van der Waals surface area contributed by atoms with Crippen LogP contribution in [0.4, 0.5) is 5.69 Å². The smallest absolute Gasteiger partial charge is 0.338 e. The third kappa shape index (κ3) is 5.01. The molecule has 0 fully saturated rings. The number of anilines is 1. The normalized spacial score (nSPS) is 10.3. The summed E-state index contributed by atoms with van der Waals surface area (Å²) in [6, 6.07) is 12.9. The molecule has 2 aromatic carbocycles. The number of esters is 1. The molecular weight excluding hydrogens is 376 g/mol. The molecule has 0 bridgehead atoms. The minimum atomic E-state index is -0.651. The fourth-order valence-corrected chi connectivity index (χ4v) is 2.42. The number of hydrogen-bond donors (Lipinski definition) is 1. The van der Waals surface area contributed by atoms with Crippen LogP contribution in [-0.2, 0) is 9.53 Å². The summed E-state index contributed by atoms with van der Waals surface area (Å²) in [4.78, 5) is 37.6. The number of benzene rings is 2. The summed E-state index contributed by atoms with van der Waals surface area (Å²) >= 11 is 0. The fourth-order valence-electron chi connectivity index (χ4n) is 2.42. The molecule has 3 rings (SSSR count). The van der Waals surface area contributed by atoms with Gasteiger partial charge in [-0.3, -0.25) is 9.59 Å². The molecule has 0 saturated heterocycles. The molecule has 1 N–H and O–H groups in total. The highest BCUT2D eigenvalue weighted by molar-refractivity contribution is 5.97. The first-order valence-corrected chi connectivity index (χ1v) is 8.56. The molecule has 0 saturated carbocycles. The van der Waals surface area contributed by atoms with E-state index in [9.17, 15) is 14.4 Å². The number of ether oxygens (including phenoxy) is 1. The van der Waals surface area contributed by atoms with Crippen LogP contribution in [0.1, 0.15) is 20.7 Å². The Kier molecular flexibility index (Phi) is 5.93. The molecule has 3 aromatic rings. The van der Waals surface area contributed by atoms with Crippen molar-refractivity contribution in [1.29, 1.82) is 0 Å². The minimum absolute atomic E-state index is 0.138. The van der Waals surface area contributed by atoms with Crippen molar-refractivity contribution in [3.8, 4) is 5.69 Å². The van der Waals surface area contributed by atoms with Gasteiger partial charge in [-0.15, -0.1) is 5.10 Å². The first-order chi connectivity index (χ1) is 13.9. The van der Waals surface area contributed by atoms with E-state index in [0.29, 0.717) is 16.9 Å². The monoisotopic (exact) mass is 394 g/mol. The van der Waals surface area contributed by atoms with Gasteiger partial charge in [-0.05, 0) is 52.9 Å². The third-order valence-corrected chi connectivity index (χ3v) is 3.85. The average Bonchev–Trinajstić information content (AvgIpc) is 3.27. The highest BCUT2D eigenvalue weighted by atomic mass is 16.5. The van der Waals surface area contributed by atoms with Crippen molar-refractivity contribution in [1.82, 2.24) is 25.1 Å². The Morgan fingerprint density at radius 3 is 2.48 bits per heavy atom. The van der Waals surface area contributed by atoms with Crippen LogP contribution < -0.4 is 5.32 Å². The Labute approximate surface area is 166 Å². The van der Waals surface area contributed by atoms with E-state index in [0.717, 1.165) is 0 Å². The van der Waals surface area contributed by atoms with Gasteiger partial charge in [-0.25, -0.2) is 9.48 Å². The van der Waals surface area contributed by atoms with Crippen LogP contribution in [0.15, 0.2) is 54.9 Å². The Morgan fingerprint density at radius 1 is 1.07 bits per heavy atom. The van der Waals surface area contributed by atoms with Gasteiger partial charge in [-0.2, -0.15) is 0 Å². The van der Waals surface area contributed by atoms with Crippen molar-refractivity contribution < 1.29 is 19.1 Å². The predicted octanol–water partition coefficient (Wildman–Crippen LogP) is 1.16. The lowest BCUT2D eigenvalue weighted by Gasteiger charge is -2.11. The van der Waals surface area contributed by atoms with Crippen molar-refractivity contribution in [2.75, 3.05) is 26.0 Å². The van der Waals surface area contributed by atoms with E-state index in [-0.39, 0.29) is 11.5 Å². The molecule has 1 heterocycles. The number of hydrogen-bond acceptors (Lipinski definition) is 7. The van der Waals surface area contributed by atoms with E-state index < -0.39 is 18.5 Å². The lowest BCUT2D eigenvalue weighted by atomic mass is 10.2. The van der Waals surface area contributed by atoms with Crippen molar-refractivity contribution in [2.24, 2.45) is 0 Å². The summed E-state index contributed by atoms with van der Waals surface area (Å²) in [5, 5.41) is 13.4. The van der Waals surface area contributed by atoms with Crippen molar-refractivity contribution >= 4 is 23.5 Å². The zero-order chi connectivity index (χ0) is 20.8. The number of amides is 2. The zero-order valence-electron chi connectivity index (χ0n) is 15.8. The topological polar surface area (TPSA) is 119 Å². The van der Waals surface area contributed by atoms with E-state index in [1.807, 2.05) is 0 Å². The number of tetrazole rings is 1. The Hall–Kier alpha value is -4.08. The molecule has 0 radical (unpaired) electrons. The molecule has 29 heavy (non-hydrogen) atoms. The van der Waals surface area contributed by atoms with Crippen LogP contribution >= 0.6 is 0 Å². The summed E-state index contributed by atoms with van der Waals surface area (Å²) in [5.41, 5.74) is 1.84. The SMILES string of the molecule is CN(C)C(=O)c1ccc(NC(=O)COC(=O)c2cccc(-n3cnnn3)c2)cc1. The van der Waals surface area contributed by atoms with Crippen LogP contribution in [-0.4, -0.2) is 63.6 Å². The maximum absolute atomic E-state index is 12.2. The Balaban J connectivity index is 1.55. The molecule has 2 amide bonds. The van der Waals surface area contributed by atoms with E-state index >= 15 is 0 Å². The second-order valence-corrected chi connectivity index (χ2v) is 6.21. The van der Waals surface area contributed by atoms with E-state index in [1.54, 1.807) is 62.6 Å². The molecule has 0 spiro atoms. The van der Waals surface area contributed by atoms with Gasteiger partial charge in [0.15, 0.2) is 6.61 Å². The van der Waals surface area contributed by atoms with Gasteiger partial charge in [0, 0.05) is 25.3 Å². The molecule has 0 atom stereocenters. The largest absolute Gasteiger partial charge is 0.452 e. The second kappa shape index (κ2) is 8.74. The number of carbonyl (C=O) groups excluding carboxylic acids is 3. The first-order valence-electron chi connectivity index (χ1n) is 8.56. The lowest BCUT2D eigenvalue weighted by Crippen LogP contribution is -2.22. The van der Waals surface area contributed by atoms with Crippen molar-refractivity contribution in [3.63, 3.8) is 0 Å². The minimum Gasteiger partial charge on any atom is -0.452 e. The molecule has 0 aliphatic carbocycles. The molecule has 10 nitrogen and oxygen atoms in total. The molecule has 0 unspecified atom stereocenters. The third-order valence-electron chi connectivity index (χ3n) is 3.85. The standard InChI is InChI=1S/C19H18N6O4/c1-24(2)18(27)13-6-8-15(9-7-13)21-17(26)11-29-19(28)14-4-3-5-16(10-14)25-12-20-22-23-25/h3-10,12H,11H2,1-2H3,(H,21,26). The van der Waals surface area contributed by atoms with Gasteiger partial charge in [0.2, 0.25) is 0 Å². The summed E-state index contributed by atoms with van der Waals surface area (Å²) in [5.74, 6) is -1.29. The van der Waals surface area contributed by atoms with Crippen LogP contribution in [0.2, 0.25) is 0 Å². The summed E-state index contributed by atoms with van der Waals surface area (Å²) in [7, 11) is 3.32. The van der Waals surface area contributed by atoms with Crippen LogP contribution in [0.25, 0.3) is 5.69 Å². The maximum Gasteiger partial charge on any atom is 0.338 e. The molecule has 148 valence electrons. The number of nitrogens with one attached hydrogen (secondary N) is 1. The lowest BCUT2D eigenvalue weighted by molar-refractivity contribution is -0.119. The van der Waals surface area contributed by atoms with Crippen molar-refractivity contribution in [3.05, 3.63) is 66.0 Å². The molecule has 0 aliphatic rings. The van der Waals surface area contributed by atoms with Gasteiger partial charge in [0.25, 0.3) is 11.8 Å². The van der Waals surface area contributed by atoms with Crippen LogP contribution in [0, 0.1) is 0 Å². The summed E-state index contributed by atoms with van der Waals surface area (Å²) < 4.78 is 6.45. The second-order valence-electron chi connectivity index (χ2n) is 6.21. The van der Waals surface area contributed by atoms with Gasteiger partial charge in [0.1, 0.15) is 6.33 Å². The summed E-state index contributed by atoms with van der Waals surface area (Å²) in [6.45, 7) is -0.452. The van der Waals surface area contributed by atoms with Crippen LogP contribution in [0.5, 0.6) is 0 Å². The van der Waals surface area contributed by atoms with E-state index in [1.165, 1.54) is 15.9 Å². The Bertz CT molecular complexity index is 1020. The van der Waals surface area contributed by atoms with Crippen molar-refractivity contribution in [2.45, 2.75) is 0 Å². The first kappa shape index (κ1) is 19.7. The van der Waals surface area contributed by atoms with Gasteiger partial charge in [0.05, 0.1) is 11.3 Å². The number of carbonyl (C=O) groups is 3. The van der Waals surface area contributed by atoms with Gasteiger partial charge >= 0.3 is 5.97 Å². The van der Waals surface area contributed by atoms with E-state index in [2.05, 4.69) is 20.8 Å². The zero-order valence-corrected chi connectivity index (χ0v) is 15.8. The van der Waals surface area contributed by atoms with E-state index in [4.69, 9.17) is 4.74 Å². The molecular formula is C19H18N6O4. The Morgan fingerprint density at radius 2 is 1.83 bits per heavy atom. The highest BCUT2D eigenvalue weighted by Gasteiger charge is 2.12. The van der Waals surface area contributed by atoms with Gasteiger partial charge in [-0.1, -0.05) is 6.07 Å². The maximum atomic E-state index is 12.2.